The topological polar surface area (TPSA) is 66.4 Å². The Morgan fingerprint density at radius 1 is 1.05 bits per heavy atom. The molecule has 2 rings (SSSR count). The molecule has 2 aromatic carbocycles. The molecule has 21 heavy (non-hydrogen) atoms. The molecule has 2 aromatic rings. The van der Waals surface area contributed by atoms with Crippen molar-refractivity contribution in [3.8, 4) is 0 Å². The van der Waals surface area contributed by atoms with E-state index in [1.165, 1.54) is 12.1 Å². The molecule has 4 nitrogen and oxygen atoms in total. The number of nitrogens with one attached hydrogen (secondary N) is 1. The summed E-state index contributed by atoms with van der Waals surface area (Å²) in [5.74, 6) is 0. The first-order valence-corrected chi connectivity index (χ1v) is 8.25. The number of aliphatic hydroxyl groups is 1. The zero-order valence-corrected chi connectivity index (χ0v) is 12.7. The van der Waals surface area contributed by atoms with Crippen molar-refractivity contribution in [2.45, 2.75) is 30.9 Å². The maximum absolute atomic E-state index is 12.3. The number of hydrogen-bond acceptors (Lipinski definition) is 3. The quantitative estimate of drug-likeness (QED) is 0.859. The van der Waals surface area contributed by atoms with Crippen molar-refractivity contribution in [2.24, 2.45) is 0 Å². The Balaban J connectivity index is 2.09. The van der Waals surface area contributed by atoms with Gasteiger partial charge in [-0.3, -0.25) is 0 Å². The van der Waals surface area contributed by atoms with Crippen LogP contribution in [0.4, 0.5) is 0 Å². The van der Waals surface area contributed by atoms with E-state index in [1.807, 2.05) is 37.3 Å². The minimum atomic E-state index is -3.57. The molecule has 0 saturated heterocycles. The van der Waals surface area contributed by atoms with Crippen molar-refractivity contribution in [1.82, 2.24) is 4.72 Å². The predicted octanol–water partition coefficient (Wildman–Crippen LogP) is 2.09. The molecule has 5 heteroatoms. The Labute approximate surface area is 125 Å². The molecule has 1 unspecified atom stereocenters. The van der Waals surface area contributed by atoms with Gasteiger partial charge in [-0.2, -0.15) is 0 Å². The SMILES string of the molecule is CC(Cc1ccccc1)NS(=O)(=O)c1cccc(CO)c1. The van der Waals surface area contributed by atoms with Crippen LogP contribution in [0.1, 0.15) is 18.1 Å². The molecule has 0 aliphatic rings. The molecule has 0 spiro atoms. The zero-order chi connectivity index (χ0) is 15.3. The van der Waals surface area contributed by atoms with Crippen LogP contribution in [0.5, 0.6) is 0 Å². The zero-order valence-electron chi connectivity index (χ0n) is 11.9. The van der Waals surface area contributed by atoms with E-state index in [2.05, 4.69) is 4.72 Å². The Bertz CT molecular complexity index is 684. The van der Waals surface area contributed by atoms with Crippen LogP contribution >= 0.6 is 0 Å². The summed E-state index contributed by atoms with van der Waals surface area (Å²) in [5, 5.41) is 9.09. The highest BCUT2D eigenvalue weighted by molar-refractivity contribution is 7.89. The monoisotopic (exact) mass is 305 g/mol. The Hall–Kier alpha value is -1.69. The van der Waals surface area contributed by atoms with Crippen LogP contribution in [0.2, 0.25) is 0 Å². The smallest absolute Gasteiger partial charge is 0.240 e. The summed E-state index contributed by atoms with van der Waals surface area (Å²) in [6.07, 6.45) is 0.625. The summed E-state index contributed by atoms with van der Waals surface area (Å²) in [7, 11) is -3.57. The fourth-order valence-electron chi connectivity index (χ4n) is 2.15. The lowest BCUT2D eigenvalue weighted by atomic mass is 10.1. The van der Waals surface area contributed by atoms with Crippen molar-refractivity contribution in [2.75, 3.05) is 0 Å². The normalized spacial score (nSPS) is 13.0. The first kappa shape index (κ1) is 15.7. The number of benzene rings is 2. The fraction of sp³-hybridized carbons (Fsp3) is 0.250. The minimum absolute atomic E-state index is 0.175. The van der Waals surface area contributed by atoms with Crippen LogP contribution < -0.4 is 4.72 Å². The second-order valence-electron chi connectivity index (χ2n) is 5.02. The molecule has 0 amide bonds. The molecule has 0 aromatic heterocycles. The van der Waals surface area contributed by atoms with Crippen LogP contribution in [0.15, 0.2) is 59.5 Å². The lowest BCUT2D eigenvalue weighted by Gasteiger charge is -2.14. The molecule has 0 aliphatic heterocycles. The average Bonchev–Trinajstić information content (AvgIpc) is 2.47. The van der Waals surface area contributed by atoms with Crippen LogP contribution in [0.25, 0.3) is 0 Å². The van der Waals surface area contributed by atoms with Gasteiger partial charge >= 0.3 is 0 Å². The molecule has 0 aliphatic carbocycles. The Kier molecular flexibility index (Phi) is 5.12. The lowest BCUT2D eigenvalue weighted by Crippen LogP contribution is -2.34. The predicted molar refractivity (Wildman–Crippen MR) is 82.3 cm³/mol. The van der Waals surface area contributed by atoms with Crippen molar-refractivity contribution in [3.63, 3.8) is 0 Å². The number of rotatable bonds is 6. The summed E-state index contributed by atoms with van der Waals surface area (Å²) in [5.41, 5.74) is 1.66. The molecule has 0 radical (unpaired) electrons. The Morgan fingerprint density at radius 3 is 2.38 bits per heavy atom. The third-order valence-electron chi connectivity index (χ3n) is 3.13. The third-order valence-corrected chi connectivity index (χ3v) is 4.72. The number of sulfonamides is 1. The molecule has 112 valence electrons. The van der Waals surface area contributed by atoms with E-state index in [0.717, 1.165) is 5.56 Å². The van der Waals surface area contributed by atoms with Gasteiger partial charge in [0.1, 0.15) is 0 Å². The molecule has 0 heterocycles. The van der Waals surface area contributed by atoms with Gasteiger partial charge in [-0.1, -0.05) is 42.5 Å². The van der Waals surface area contributed by atoms with Crippen LogP contribution in [-0.4, -0.2) is 19.6 Å². The van der Waals surface area contributed by atoms with E-state index < -0.39 is 10.0 Å². The summed E-state index contributed by atoms with van der Waals surface area (Å²) >= 11 is 0. The highest BCUT2D eigenvalue weighted by atomic mass is 32.2. The highest BCUT2D eigenvalue weighted by Crippen LogP contribution is 2.13. The second kappa shape index (κ2) is 6.85. The largest absolute Gasteiger partial charge is 0.392 e. The van der Waals surface area contributed by atoms with Gasteiger partial charge in [-0.05, 0) is 36.6 Å². The number of aliphatic hydroxyl groups excluding tert-OH is 1. The maximum Gasteiger partial charge on any atom is 0.240 e. The maximum atomic E-state index is 12.3. The van der Waals surface area contributed by atoms with Gasteiger partial charge in [0.05, 0.1) is 11.5 Å². The number of hydrogen-bond donors (Lipinski definition) is 2. The van der Waals surface area contributed by atoms with Gasteiger partial charge in [0.25, 0.3) is 0 Å². The molecule has 0 saturated carbocycles. The first-order chi connectivity index (χ1) is 10.0. The summed E-state index contributed by atoms with van der Waals surface area (Å²) in [6, 6.07) is 15.8. The highest BCUT2D eigenvalue weighted by Gasteiger charge is 2.17. The fourth-order valence-corrected chi connectivity index (χ4v) is 3.47. The minimum Gasteiger partial charge on any atom is -0.392 e. The van der Waals surface area contributed by atoms with Crippen LogP contribution in [0, 0.1) is 0 Å². The van der Waals surface area contributed by atoms with Gasteiger partial charge in [-0.25, -0.2) is 13.1 Å². The second-order valence-corrected chi connectivity index (χ2v) is 6.73. The molecular formula is C16H19NO3S. The van der Waals surface area contributed by atoms with Crippen molar-refractivity contribution < 1.29 is 13.5 Å². The molecule has 2 N–H and O–H groups in total. The van der Waals surface area contributed by atoms with Gasteiger partial charge < -0.3 is 5.11 Å². The third kappa shape index (κ3) is 4.39. The van der Waals surface area contributed by atoms with Crippen molar-refractivity contribution in [3.05, 3.63) is 65.7 Å². The van der Waals surface area contributed by atoms with Crippen LogP contribution in [-0.2, 0) is 23.1 Å². The van der Waals surface area contributed by atoms with Gasteiger partial charge in [0.15, 0.2) is 0 Å². The summed E-state index contributed by atoms with van der Waals surface area (Å²) in [4.78, 5) is 0.175. The van der Waals surface area contributed by atoms with Gasteiger partial charge in [-0.15, -0.1) is 0 Å². The standard InChI is InChI=1S/C16H19NO3S/c1-13(10-14-6-3-2-4-7-14)17-21(19,20)16-9-5-8-15(11-16)12-18/h2-9,11,13,17-18H,10,12H2,1H3. The summed E-state index contributed by atoms with van der Waals surface area (Å²) < 4.78 is 27.3. The van der Waals surface area contributed by atoms with Gasteiger partial charge in [0, 0.05) is 6.04 Å². The lowest BCUT2D eigenvalue weighted by molar-refractivity contribution is 0.281. The average molecular weight is 305 g/mol. The molecule has 1 atom stereocenters. The summed E-state index contributed by atoms with van der Waals surface area (Å²) in [6.45, 7) is 1.66. The molecular weight excluding hydrogens is 286 g/mol. The van der Waals surface area contributed by atoms with Gasteiger partial charge in [0.2, 0.25) is 10.0 Å². The first-order valence-electron chi connectivity index (χ1n) is 6.77. The van der Waals surface area contributed by atoms with E-state index >= 15 is 0 Å². The van der Waals surface area contributed by atoms with E-state index in [1.54, 1.807) is 12.1 Å². The Morgan fingerprint density at radius 2 is 1.71 bits per heavy atom. The van der Waals surface area contributed by atoms with Crippen molar-refractivity contribution >= 4 is 10.0 Å². The van der Waals surface area contributed by atoms with E-state index in [-0.39, 0.29) is 17.5 Å². The van der Waals surface area contributed by atoms with E-state index in [0.29, 0.717) is 12.0 Å². The van der Waals surface area contributed by atoms with E-state index in [9.17, 15) is 8.42 Å². The van der Waals surface area contributed by atoms with Crippen molar-refractivity contribution in [1.29, 1.82) is 0 Å². The molecule has 0 bridgehead atoms. The van der Waals surface area contributed by atoms with E-state index in [4.69, 9.17) is 5.11 Å². The molecule has 0 fully saturated rings. The van der Waals surface area contributed by atoms with Crippen LogP contribution in [0.3, 0.4) is 0 Å².